The average molecular weight is 376 g/mol. The molecule has 1 aromatic heterocycles. The van der Waals surface area contributed by atoms with Crippen LogP contribution >= 0.6 is 0 Å². The van der Waals surface area contributed by atoms with E-state index in [-0.39, 0.29) is 37.7 Å². The Balaban J connectivity index is 1.34. The first-order valence-corrected chi connectivity index (χ1v) is 8.71. The Morgan fingerprint density at radius 2 is 2.22 bits per heavy atom. The van der Waals surface area contributed by atoms with Crippen molar-refractivity contribution in [2.45, 2.75) is 19.1 Å². The molecule has 144 valence electrons. The Labute approximate surface area is 155 Å². The number of ether oxygens (including phenoxy) is 4. The summed E-state index contributed by atoms with van der Waals surface area (Å²) in [6.45, 7) is 1.66. The molecule has 2 aromatic rings. The van der Waals surface area contributed by atoms with Crippen LogP contribution in [0.3, 0.4) is 0 Å². The van der Waals surface area contributed by atoms with E-state index in [0.29, 0.717) is 49.3 Å². The van der Waals surface area contributed by atoms with Crippen molar-refractivity contribution >= 4 is 5.91 Å². The van der Waals surface area contributed by atoms with E-state index in [1.807, 2.05) is 0 Å². The molecule has 0 unspecified atom stereocenters. The van der Waals surface area contributed by atoms with Gasteiger partial charge in [0.25, 0.3) is 5.91 Å². The van der Waals surface area contributed by atoms with Crippen LogP contribution in [0, 0.1) is 0 Å². The zero-order valence-corrected chi connectivity index (χ0v) is 14.6. The Hall–Kier alpha value is -2.78. The standard InChI is InChI=1S/C18H20N2O7/c21-5-3-13-8-20(4-6-23-13)18(22)14-9-25-17(19-14)10-24-12-1-2-15-16(7-12)27-11-26-15/h1-2,7,9,13,21H,3-6,8,10-11H2/t13-/m1/s1. The van der Waals surface area contributed by atoms with Crippen LogP contribution in [-0.2, 0) is 11.3 Å². The molecule has 1 aromatic carbocycles. The molecule has 9 heteroatoms. The largest absolute Gasteiger partial charge is 0.484 e. The van der Waals surface area contributed by atoms with Gasteiger partial charge in [-0.05, 0) is 18.6 Å². The number of hydrogen-bond acceptors (Lipinski definition) is 8. The van der Waals surface area contributed by atoms with Crippen molar-refractivity contribution in [1.29, 1.82) is 0 Å². The van der Waals surface area contributed by atoms with Gasteiger partial charge in [-0.15, -0.1) is 0 Å². The van der Waals surface area contributed by atoms with Crippen LogP contribution in [0.2, 0.25) is 0 Å². The van der Waals surface area contributed by atoms with E-state index in [9.17, 15) is 4.79 Å². The van der Waals surface area contributed by atoms with Crippen LogP contribution in [0.25, 0.3) is 0 Å². The molecule has 27 heavy (non-hydrogen) atoms. The molecule has 0 radical (unpaired) electrons. The lowest BCUT2D eigenvalue weighted by Gasteiger charge is -2.32. The third kappa shape index (κ3) is 3.99. The van der Waals surface area contributed by atoms with Crippen molar-refractivity contribution in [1.82, 2.24) is 9.88 Å². The molecule has 1 N–H and O–H groups in total. The zero-order valence-electron chi connectivity index (χ0n) is 14.6. The predicted molar refractivity (Wildman–Crippen MR) is 90.7 cm³/mol. The Bertz CT molecular complexity index is 805. The predicted octanol–water partition coefficient (Wildman–Crippen LogP) is 1.21. The lowest BCUT2D eigenvalue weighted by atomic mass is 10.2. The van der Waals surface area contributed by atoms with Crippen LogP contribution in [0.15, 0.2) is 28.9 Å². The van der Waals surface area contributed by atoms with Gasteiger partial charge in [-0.2, -0.15) is 0 Å². The number of oxazole rings is 1. The number of aliphatic hydroxyl groups is 1. The molecule has 2 aliphatic rings. The van der Waals surface area contributed by atoms with Gasteiger partial charge in [-0.3, -0.25) is 4.79 Å². The maximum Gasteiger partial charge on any atom is 0.275 e. The number of rotatable bonds is 6. The monoisotopic (exact) mass is 376 g/mol. The van der Waals surface area contributed by atoms with Crippen molar-refractivity contribution < 1.29 is 33.3 Å². The Morgan fingerprint density at radius 1 is 1.33 bits per heavy atom. The minimum Gasteiger partial charge on any atom is -0.484 e. The molecule has 4 rings (SSSR count). The highest BCUT2D eigenvalue weighted by molar-refractivity contribution is 5.92. The number of aliphatic hydroxyl groups excluding tert-OH is 1. The number of carbonyl (C=O) groups is 1. The number of amides is 1. The molecule has 0 saturated carbocycles. The highest BCUT2D eigenvalue weighted by Crippen LogP contribution is 2.35. The van der Waals surface area contributed by atoms with Crippen molar-refractivity contribution in [3.05, 3.63) is 36.0 Å². The number of fused-ring (bicyclic) bond motifs is 1. The quantitative estimate of drug-likeness (QED) is 0.802. The van der Waals surface area contributed by atoms with Crippen LogP contribution in [0.4, 0.5) is 0 Å². The Kier molecular flexibility index (Phi) is 5.12. The van der Waals surface area contributed by atoms with Crippen LogP contribution in [0.5, 0.6) is 17.2 Å². The molecular formula is C18H20N2O7. The molecule has 1 atom stereocenters. The fraction of sp³-hybridized carbons (Fsp3) is 0.444. The van der Waals surface area contributed by atoms with E-state index in [1.165, 1.54) is 6.26 Å². The highest BCUT2D eigenvalue weighted by atomic mass is 16.7. The van der Waals surface area contributed by atoms with Gasteiger partial charge in [-0.1, -0.05) is 0 Å². The summed E-state index contributed by atoms with van der Waals surface area (Å²) < 4.78 is 27.1. The first kappa shape index (κ1) is 17.6. The molecule has 9 nitrogen and oxygen atoms in total. The van der Waals surface area contributed by atoms with E-state index in [4.69, 9.17) is 28.5 Å². The average Bonchev–Trinajstić information content (AvgIpc) is 3.35. The first-order valence-electron chi connectivity index (χ1n) is 8.71. The van der Waals surface area contributed by atoms with Gasteiger partial charge in [0.05, 0.1) is 12.7 Å². The highest BCUT2D eigenvalue weighted by Gasteiger charge is 2.26. The van der Waals surface area contributed by atoms with Gasteiger partial charge >= 0.3 is 0 Å². The summed E-state index contributed by atoms with van der Waals surface area (Å²) in [6.07, 6.45) is 1.67. The number of benzene rings is 1. The number of carbonyl (C=O) groups excluding carboxylic acids is 1. The fourth-order valence-corrected chi connectivity index (χ4v) is 2.97. The minimum atomic E-state index is -0.223. The SMILES string of the molecule is O=C(c1coc(COc2ccc3c(c2)OCO3)n1)N1CCO[C@H](CCO)C1. The van der Waals surface area contributed by atoms with Crippen molar-refractivity contribution in [3.8, 4) is 17.2 Å². The molecule has 1 saturated heterocycles. The second-order valence-corrected chi connectivity index (χ2v) is 6.19. The van der Waals surface area contributed by atoms with Crippen LogP contribution in [0.1, 0.15) is 22.8 Å². The summed E-state index contributed by atoms with van der Waals surface area (Å²) in [5, 5.41) is 9.03. The summed E-state index contributed by atoms with van der Waals surface area (Å²) in [7, 11) is 0. The van der Waals surface area contributed by atoms with E-state index >= 15 is 0 Å². The maximum atomic E-state index is 12.6. The molecule has 0 aliphatic carbocycles. The smallest absolute Gasteiger partial charge is 0.275 e. The van der Waals surface area contributed by atoms with Crippen molar-refractivity contribution in [2.75, 3.05) is 33.1 Å². The second-order valence-electron chi connectivity index (χ2n) is 6.19. The molecule has 0 spiro atoms. The van der Waals surface area contributed by atoms with Gasteiger partial charge in [0, 0.05) is 25.8 Å². The molecule has 1 fully saturated rings. The molecule has 1 amide bonds. The number of morpholine rings is 1. The second kappa shape index (κ2) is 7.85. The zero-order chi connectivity index (χ0) is 18.6. The normalized spacial score (nSPS) is 18.6. The van der Waals surface area contributed by atoms with Crippen LogP contribution in [-0.4, -0.2) is 60.1 Å². The van der Waals surface area contributed by atoms with Crippen molar-refractivity contribution in [3.63, 3.8) is 0 Å². The van der Waals surface area contributed by atoms with Crippen LogP contribution < -0.4 is 14.2 Å². The van der Waals surface area contributed by atoms with Gasteiger partial charge in [0.15, 0.2) is 23.8 Å². The summed E-state index contributed by atoms with van der Waals surface area (Å²) in [5.41, 5.74) is 0.226. The molecule has 2 aliphatic heterocycles. The summed E-state index contributed by atoms with van der Waals surface area (Å²) in [4.78, 5) is 18.5. The number of nitrogens with zero attached hydrogens (tertiary/aromatic N) is 2. The summed E-state index contributed by atoms with van der Waals surface area (Å²) >= 11 is 0. The minimum absolute atomic E-state index is 0.0258. The van der Waals surface area contributed by atoms with E-state index < -0.39 is 0 Å². The maximum absolute atomic E-state index is 12.6. The lowest BCUT2D eigenvalue weighted by Crippen LogP contribution is -2.46. The molecule has 0 bridgehead atoms. The van der Waals surface area contributed by atoms with Crippen molar-refractivity contribution in [2.24, 2.45) is 0 Å². The molecule has 3 heterocycles. The van der Waals surface area contributed by atoms with Gasteiger partial charge in [0.2, 0.25) is 12.7 Å². The first-order chi connectivity index (χ1) is 13.2. The van der Waals surface area contributed by atoms with E-state index in [1.54, 1.807) is 23.1 Å². The summed E-state index contributed by atoms with van der Waals surface area (Å²) in [6, 6.07) is 5.26. The van der Waals surface area contributed by atoms with Gasteiger partial charge in [0.1, 0.15) is 12.0 Å². The van der Waals surface area contributed by atoms with E-state index in [0.717, 1.165) is 0 Å². The Morgan fingerprint density at radius 3 is 3.11 bits per heavy atom. The van der Waals surface area contributed by atoms with Gasteiger partial charge in [-0.25, -0.2) is 4.98 Å². The number of aromatic nitrogens is 1. The third-order valence-corrected chi connectivity index (χ3v) is 4.35. The summed E-state index contributed by atoms with van der Waals surface area (Å²) in [5.74, 6) is 1.97. The fourth-order valence-electron chi connectivity index (χ4n) is 2.97. The third-order valence-electron chi connectivity index (χ3n) is 4.35. The van der Waals surface area contributed by atoms with Gasteiger partial charge < -0.3 is 33.4 Å². The van der Waals surface area contributed by atoms with E-state index in [2.05, 4.69) is 4.98 Å². The number of hydrogen-bond donors (Lipinski definition) is 1. The molecular weight excluding hydrogens is 356 g/mol. The lowest BCUT2D eigenvalue weighted by molar-refractivity contribution is -0.0308. The topological polar surface area (TPSA) is 103 Å².